The van der Waals surface area contributed by atoms with Crippen molar-refractivity contribution in [2.24, 2.45) is 0 Å². The van der Waals surface area contributed by atoms with Gasteiger partial charge in [0.25, 0.3) is 0 Å². The van der Waals surface area contributed by atoms with Crippen LogP contribution in [0.1, 0.15) is 16.3 Å². The summed E-state index contributed by atoms with van der Waals surface area (Å²) >= 11 is 1.44. The number of amides is 1. The number of aromatic nitrogens is 3. The van der Waals surface area contributed by atoms with E-state index < -0.39 is 0 Å². The molecule has 6 nitrogen and oxygen atoms in total. The number of aryl methyl sites for hydroxylation is 3. The first-order valence-electron chi connectivity index (χ1n) is 5.81. The van der Waals surface area contributed by atoms with Crippen LogP contribution in [-0.4, -0.2) is 27.4 Å². The number of hydrogen-bond acceptors (Lipinski definition) is 6. The molecule has 1 amide bonds. The lowest BCUT2D eigenvalue weighted by Crippen LogP contribution is -2.22. The van der Waals surface area contributed by atoms with E-state index in [1.165, 1.54) is 11.3 Å². The van der Waals surface area contributed by atoms with Gasteiger partial charge in [0.05, 0.1) is 6.54 Å². The van der Waals surface area contributed by atoms with Crippen LogP contribution in [0.3, 0.4) is 0 Å². The molecule has 0 saturated heterocycles. The van der Waals surface area contributed by atoms with E-state index in [0.717, 1.165) is 16.3 Å². The van der Waals surface area contributed by atoms with Crippen LogP contribution in [-0.2, 0) is 4.79 Å². The molecule has 0 aliphatic carbocycles. The molecule has 0 fully saturated rings. The molecule has 7 heteroatoms. The maximum absolute atomic E-state index is 11.7. The summed E-state index contributed by atoms with van der Waals surface area (Å²) in [5.74, 6) is 0.292. The van der Waals surface area contributed by atoms with Crippen LogP contribution >= 0.6 is 11.3 Å². The Balaban J connectivity index is 1.89. The molecule has 2 heterocycles. The van der Waals surface area contributed by atoms with Crippen molar-refractivity contribution in [1.29, 1.82) is 0 Å². The molecule has 0 spiro atoms. The van der Waals surface area contributed by atoms with Gasteiger partial charge in [-0.2, -0.15) is 0 Å². The van der Waals surface area contributed by atoms with Gasteiger partial charge in [-0.05, 0) is 26.8 Å². The van der Waals surface area contributed by atoms with Crippen LogP contribution in [0.15, 0.2) is 12.3 Å². The van der Waals surface area contributed by atoms with Gasteiger partial charge in [-0.3, -0.25) is 4.79 Å². The van der Waals surface area contributed by atoms with Gasteiger partial charge in [0, 0.05) is 22.5 Å². The lowest BCUT2D eigenvalue weighted by molar-refractivity contribution is -0.114. The third-order valence-corrected chi connectivity index (χ3v) is 3.09. The quantitative estimate of drug-likeness (QED) is 0.892. The first-order valence-corrected chi connectivity index (χ1v) is 6.63. The number of hydrogen-bond donors (Lipinski definition) is 2. The van der Waals surface area contributed by atoms with Crippen molar-refractivity contribution in [2.75, 3.05) is 17.2 Å². The predicted octanol–water partition coefficient (Wildman–Crippen LogP) is 1.91. The number of carbonyl (C=O) groups excluding carboxylic acids is 1. The van der Waals surface area contributed by atoms with E-state index in [0.29, 0.717) is 11.1 Å². The molecule has 0 aromatic carbocycles. The van der Waals surface area contributed by atoms with Crippen molar-refractivity contribution in [3.8, 4) is 0 Å². The average molecular weight is 277 g/mol. The molecule has 0 radical (unpaired) electrons. The van der Waals surface area contributed by atoms with E-state index in [1.54, 1.807) is 6.20 Å². The number of thiazole rings is 1. The lowest BCUT2D eigenvalue weighted by Gasteiger charge is -2.06. The zero-order chi connectivity index (χ0) is 13.8. The second kappa shape index (κ2) is 5.75. The Morgan fingerprint density at radius 3 is 2.53 bits per heavy atom. The average Bonchev–Trinajstić information content (AvgIpc) is 2.71. The zero-order valence-corrected chi connectivity index (χ0v) is 11.8. The van der Waals surface area contributed by atoms with Gasteiger partial charge >= 0.3 is 0 Å². The van der Waals surface area contributed by atoms with Crippen LogP contribution in [0.5, 0.6) is 0 Å². The van der Waals surface area contributed by atoms with Crippen molar-refractivity contribution in [2.45, 2.75) is 20.8 Å². The van der Waals surface area contributed by atoms with Crippen LogP contribution in [0, 0.1) is 20.8 Å². The van der Waals surface area contributed by atoms with Crippen molar-refractivity contribution < 1.29 is 4.79 Å². The third kappa shape index (κ3) is 3.99. The minimum absolute atomic E-state index is 0.113. The highest BCUT2D eigenvalue weighted by Gasteiger charge is 2.06. The fourth-order valence-corrected chi connectivity index (χ4v) is 2.22. The van der Waals surface area contributed by atoms with Gasteiger partial charge in [-0.15, -0.1) is 11.3 Å². The number of rotatable bonds is 4. The van der Waals surface area contributed by atoms with Crippen molar-refractivity contribution in [1.82, 2.24) is 15.0 Å². The summed E-state index contributed by atoms with van der Waals surface area (Å²) < 4.78 is 0. The van der Waals surface area contributed by atoms with Gasteiger partial charge in [0.15, 0.2) is 5.13 Å². The van der Waals surface area contributed by atoms with Gasteiger partial charge < -0.3 is 10.6 Å². The second-order valence-corrected chi connectivity index (χ2v) is 5.39. The molecule has 100 valence electrons. The number of carbonyl (C=O) groups is 1. The number of anilines is 2. The molecular weight excluding hydrogens is 262 g/mol. The first kappa shape index (κ1) is 13.4. The summed E-state index contributed by atoms with van der Waals surface area (Å²) in [4.78, 5) is 25.2. The third-order valence-electron chi connectivity index (χ3n) is 2.26. The normalized spacial score (nSPS) is 10.3. The van der Waals surface area contributed by atoms with Gasteiger partial charge in [0.1, 0.15) is 0 Å². The smallest absolute Gasteiger partial charge is 0.245 e. The van der Waals surface area contributed by atoms with E-state index in [4.69, 9.17) is 0 Å². The molecule has 0 unspecified atom stereocenters. The summed E-state index contributed by atoms with van der Waals surface area (Å²) in [7, 11) is 0. The van der Waals surface area contributed by atoms with E-state index in [9.17, 15) is 4.79 Å². The van der Waals surface area contributed by atoms with Crippen molar-refractivity contribution in [3.05, 3.63) is 28.5 Å². The summed E-state index contributed by atoms with van der Waals surface area (Å²) in [6, 6.07) is 1.88. The van der Waals surface area contributed by atoms with Gasteiger partial charge in [-0.25, -0.2) is 15.0 Å². The molecule has 19 heavy (non-hydrogen) atoms. The van der Waals surface area contributed by atoms with Crippen molar-refractivity contribution >= 4 is 28.3 Å². The SMILES string of the molecule is Cc1cc(C)nc(NCC(=O)Nc2ncc(C)s2)n1. The maximum atomic E-state index is 11.7. The molecule has 0 bridgehead atoms. The Morgan fingerprint density at radius 2 is 1.95 bits per heavy atom. The molecule has 0 aliphatic heterocycles. The summed E-state index contributed by atoms with van der Waals surface area (Å²) in [5, 5.41) is 6.21. The van der Waals surface area contributed by atoms with Gasteiger partial charge in [0.2, 0.25) is 11.9 Å². The largest absolute Gasteiger partial charge is 0.345 e. The van der Waals surface area contributed by atoms with E-state index >= 15 is 0 Å². The fourth-order valence-electron chi connectivity index (χ4n) is 1.54. The van der Waals surface area contributed by atoms with E-state index in [2.05, 4.69) is 25.6 Å². The van der Waals surface area contributed by atoms with Crippen molar-refractivity contribution in [3.63, 3.8) is 0 Å². The Hall–Kier alpha value is -2.02. The minimum Gasteiger partial charge on any atom is -0.345 e. The molecule has 0 atom stereocenters. The minimum atomic E-state index is -0.169. The van der Waals surface area contributed by atoms with Crippen LogP contribution < -0.4 is 10.6 Å². The Bertz CT molecular complexity index is 575. The Morgan fingerprint density at radius 1 is 1.26 bits per heavy atom. The van der Waals surface area contributed by atoms with Gasteiger partial charge in [-0.1, -0.05) is 0 Å². The molecule has 0 aliphatic rings. The van der Waals surface area contributed by atoms with Crippen LogP contribution in [0.4, 0.5) is 11.1 Å². The maximum Gasteiger partial charge on any atom is 0.245 e. The Kier molecular flexibility index (Phi) is 4.06. The van der Waals surface area contributed by atoms with Crippen LogP contribution in [0.25, 0.3) is 0 Å². The highest BCUT2D eigenvalue weighted by molar-refractivity contribution is 7.15. The second-order valence-electron chi connectivity index (χ2n) is 4.15. The molecule has 2 N–H and O–H groups in total. The summed E-state index contributed by atoms with van der Waals surface area (Å²) in [6.45, 7) is 5.83. The topological polar surface area (TPSA) is 79.8 Å². The van der Waals surface area contributed by atoms with E-state index in [-0.39, 0.29) is 12.5 Å². The molecule has 2 aromatic heterocycles. The monoisotopic (exact) mass is 277 g/mol. The zero-order valence-electron chi connectivity index (χ0n) is 11.0. The summed E-state index contributed by atoms with van der Waals surface area (Å²) in [5.41, 5.74) is 1.73. The Labute approximate surface area is 115 Å². The highest BCUT2D eigenvalue weighted by atomic mass is 32.1. The molecule has 0 saturated carbocycles. The first-order chi connectivity index (χ1) is 9.02. The molecule has 2 rings (SSSR count). The molecular formula is C12H15N5OS. The highest BCUT2D eigenvalue weighted by Crippen LogP contribution is 2.16. The van der Waals surface area contributed by atoms with E-state index in [1.807, 2.05) is 26.8 Å². The number of nitrogens with zero attached hydrogens (tertiary/aromatic N) is 3. The van der Waals surface area contributed by atoms with Crippen LogP contribution in [0.2, 0.25) is 0 Å². The molecule has 2 aromatic rings. The number of nitrogens with one attached hydrogen (secondary N) is 2. The summed E-state index contributed by atoms with van der Waals surface area (Å²) in [6.07, 6.45) is 1.72. The standard InChI is InChI=1S/C12H15N5OS/c1-7-4-8(2)16-11(15-7)13-6-10(18)17-12-14-5-9(3)19-12/h4-5H,6H2,1-3H3,(H,13,15,16)(H,14,17,18). The fraction of sp³-hybridized carbons (Fsp3) is 0.333. The predicted molar refractivity (Wildman–Crippen MR) is 75.5 cm³/mol. The lowest BCUT2D eigenvalue weighted by atomic mass is 10.4.